The molecule has 0 fully saturated rings. The first-order valence-electron chi connectivity index (χ1n) is 11.7. The SMILES string of the molecule is CCCCCCCCOP(=O)([O-])OCCCCCCCC.CC[P+](C)(C)CC. The summed E-state index contributed by atoms with van der Waals surface area (Å²) in [6, 6.07) is 0. The highest BCUT2D eigenvalue weighted by Crippen LogP contribution is 2.49. The predicted octanol–water partition coefficient (Wildman–Crippen LogP) is 7.51. The lowest BCUT2D eigenvalue weighted by atomic mass is 10.1. The molecule has 28 heavy (non-hydrogen) atoms. The number of unbranched alkanes of at least 4 members (excludes halogenated alkanes) is 10. The molecule has 0 aliphatic heterocycles. The Balaban J connectivity index is 0. The summed E-state index contributed by atoms with van der Waals surface area (Å²) < 4.78 is 21.2. The predicted molar refractivity (Wildman–Crippen MR) is 126 cm³/mol. The van der Waals surface area contributed by atoms with Crippen molar-refractivity contribution in [1.29, 1.82) is 0 Å². The van der Waals surface area contributed by atoms with E-state index >= 15 is 0 Å². The van der Waals surface area contributed by atoms with E-state index < -0.39 is 15.1 Å². The van der Waals surface area contributed by atoms with Gasteiger partial charge in [0.25, 0.3) is 7.82 Å². The summed E-state index contributed by atoms with van der Waals surface area (Å²) in [7, 11) is -4.47. The van der Waals surface area contributed by atoms with Gasteiger partial charge < -0.3 is 13.9 Å². The first-order chi connectivity index (χ1) is 13.2. The van der Waals surface area contributed by atoms with Crippen LogP contribution < -0.4 is 4.89 Å². The van der Waals surface area contributed by atoms with Crippen molar-refractivity contribution in [3.63, 3.8) is 0 Å². The summed E-state index contributed by atoms with van der Waals surface area (Å²) in [5.41, 5.74) is 0. The minimum atomic E-state index is -4.07. The number of hydrogen-bond acceptors (Lipinski definition) is 4. The van der Waals surface area contributed by atoms with Crippen LogP contribution in [0.4, 0.5) is 0 Å². The van der Waals surface area contributed by atoms with Crippen molar-refractivity contribution >= 4 is 15.1 Å². The molecule has 4 nitrogen and oxygen atoms in total. The lowest BCUT2D eigenvalue weighted by Gasteiger charge is -2.22. The van der Waals surface area contributed by atoms with Crippen molar-refractivity contribution in [3.8, 4) is 0 Å². The van der Waals surface area contributed by atoms with Gasteiger partial charge in [0.2, 0.25) is 0 Å². The van der Waals surface area contributed by atoms with Gasteiger partial charge in [0, 0.05) is 20.6 Å². The van der Waals surface area contributed by atoms with E-state index in [1.165, 1.54) is 50.8 Å². The molecule has 0 spiro atoms. The van der Waals surface area contributed by atoms with Crippen molar-refractivity contribution in [2.75, 3.05) is 38.9 Å². The molecule has 0 aliphatic carbocycles. The standard InChI is InChI=1S/C16H35O4P.C6H16P/c1-3-5-7-9-11-13-15-19-21(17,18)20-16-14-12-10-8-6-4-2;1-5-7(3,4)6-2/h3-16H2,1-2H3,(H,17,18);5-6H2,1-4H3/q;+1/p-1. The lowest BCUT2D eigenvalue weighted by Crippen LogP contribution is -2.10. The minimum absolute atomic E-state index is 0.253. The highest BCUT2D eigenvalue weighted by Gasteiger charge is 2.17. The van der Waals surface area contributed by atoms with E-state index in [4.69, 9.17) is 9.05 Å². The fourth-order valence-electron chi connectivity index (χ4n) is 2.38. The second-order valence-corrected chi connectivity index (χ2v) is 14.8. The quantitative estimate of drug-likeness (QED) is 0.163. The highest BCUT2D eigenvalue weighted by atomic mass is 31.2. The molecule has 0 aromatic rings. The molecular formula is C22H50O4P2. The third-order valence-corrected chi connectivity index (χ3v) is 9.63. The van der Waals surface area contributed by atoms with Gasteiger partial charge in [-0.15, -0.1) is 0 Å². The maximum Gasteiger partial charge on any atom is 0.267 e. The van der Waals surface area contributed by atoms with E-state index in [-0.39, 0.29) is 13.2 Å². The Bertz CT molecular complexity index is 334. The van der Waals surface area contributed by atoms with Gasteiger partial charge >= 0.3 is 0 Å². The third-order valence-electron chi connectivity index (χ3n) is 5.21. The van der Waals surface area contributed by atoms with Gasteiger partial charge in [-0.3, -0.25) is 4.57 Å². The monoisotopic (exact) mass is 440 g/mol. The van der Waals surface area contributed by atoms with Crippen molar-refractivity contribution in [1.82, 2.24) is 0 Å². The Morgan fingerprint density at radius 1 is 0.643 bits per heavy atom. The van der Waals surface area contributed by atoms with Crippen LogP contribution in [0.5, 0.6) is 0 Å². The Labute approximate surface area is 177 Å². The fourth-order valence-corrected chi connectivity index (χ4v) is 3.61. The van der Waals surface area contributed by atoms with E-state index in [2.05, 4.69) is 41.0 Å². The van der Waals surface area contributed by atoms with Gasteiger partial charge in [0.15, 0.2) is 0 Å². The van der Waals surface area contributed by atoms with E-state index in [0.717, 1.165) is 38.5 Å². The van der Waals surface area contributed by atoms with Crippen LogP contribution in [0.2, 0.25) is 0 Å². The number of phosphoric ester groups is 1. The summed E-state index contributed by atoms with van der Waals surface area (Å²) in [5.74, 6) is 0. The Morgan fingerprint density at radius 2 is 0.964 bits per heavy atom. The summed E-state index contributed by atoms with van der Waals surface area (Å²) in [6.07, 6.45) is 16.1. The van der Waals surface area contributed by atoms with Crippen LogP contribution in [0, 0.1) is 0 Å². The fraction of sp³-hybridized carbons (Fsp3) is 1.00. The zero-order valence-corrected chi connectivity index (χ0v) is 21.6. The molecule has 172 valence electrons. The molecule has 0 heterocycles. The Kier molecular flexibility index (Phi) is 22.8. The first kappa shape index (κ1) is 30.7. The minimum Gasteiger partial charge on any atom is -0.756 e. The van der Waals surface area contributed by atoms with Gasteiger partial charge in [-0.25, -0.2) is 0 Å². The first-order valence-corrected chi connectivity index (χ1v) is 16.2. The second-order valence-electron chi connectivity index (χ2n) is 8.22. The molecule has 0 atom stereocenters. The molecule has 6 heteroatoms. The Morgan fingerprint density at radius 3 is 1.25 bits per heavy atom. The maximum atomic E-state index is 11.5. The van der Waals surface area contributed by atoms with Gasteiger partial charge in [-0.1, -0.05) is 78.1 Å². The van der Waals surface area contributed by atoms with Gasteiger partial charge in [0.1, 0.15) is 0 Å². The van der Waals surface area contributed by atoms with Crippen molar-refractivity contribution in [2.24, 2.45) is 0 Å². The number of phosphoric acid groups is 1. The Hall–Kier alpha value is 0.540. The summed E-state index contributed by atoms with van der Waals surface area (Å²) >= 11 is 0. The highest BCUT2D eigenvalue weighted by molar-refractivity contribution is 7.74. The zero-order valence-electron chi connectivity index (χ0n) is 19.8. The summed E-state index contributed by atoms with van der Waals surface area (Å²) in [6.45, 7) is 14.3. The molecule has 0 saturated carbocycles. The average molecular weight is 441 g/mol. The van der Waals surface area contributed by atoms with E-state index in [0.29, 0.717) is 0 Å². The van der Waals surface area contributed by atoms with Crippen molar-refractivity contribution < 1.29 is 18.5 Å². The van der Waals surface area contributed by atoms with Crippen LogP contribution in [0.1, 0.15) is 105 Å². The van der Waals surface area contributed by atoms with Crippen LogP contribution in [0.15, 0.2) is 0 Å². The normalized spacial score (nSPS) is 12.0. The molecular weight excluding hydrogens is 390 g/mol. The smallest absolute Gasteiger partial charge is 0.267 e. The van der Waals surface area contributed by atoms with E-state index in [1.807, 2.05) is 0 Å². The van der Waals surface area contributed by atoms with Crippen LogP contribution in [-0.2, 0) is 13.6 Å². The molecule has 0 bridgehead atoms. The molecule has 0 aromatic heterocycles. The van der Waals surface area contributed by atoms with E-state index in [9.17, 15) is 9.46 Å². The number of hydrogen-bond donors (Lipinski definition) is 0. The van der Waals surface area contributed by atoms with E-state index in [1.54, 1.807) is 0 Å². The molecule has 0 radical (unpaired) electrons. The topological polar surface area (TPSA) is 58.6 Å². The molecule has 0 N–H and O–H groups in total. The van der Waals surface area contributed by atoms with Crippen molar-refractivity contribution in [2.45, 2.75) is 105 Å². The van der Waals surface area contributed by atoms with Gasteiger partial charge in [-0.05, 0) is 26.7 Å². The largest absolute Gasteiger partial charge is 0.756 e. The summed E-state index contributed by atoms with van der Waals surface area (Å²) in [4.78, 5) is 11.5. The maximum absolute atomic E-state index is 11.5. The number of rotatable bonds is 18. The van der Waals surface area contributed by atoms with Crippen molar-refractivity contribution in [3.05, 3.63) is 0 Å². The van der Waals surface area contributed by atoms with Crippen LogP contribution in [-0.4, -0.2) is 38.9 Å². The molecule has 0 unspecified atom stereocenters. The summed E-state index contributed by atoms with van der Waals surface area (Å²) in [5, 5.41) is 0. The second kappa shape index (κ2) is 20.8. The molecule has 0 rings (SSSR count). The zero-order chi connectivity index (χ0) is 21.7. The van der Waals surface area contributed by atoms with Gasteiger partial charge in [-0.2, -0.15) is 0 Å². The van der Waals surface area contributed by atoms with Crippen LogP contribution in [0.25, 0.3) is 0 Å². The van der Waals surface area contributed by atoms with Crippen LogP contribution >= 0.6 is 15.1 Å². The molecule has 0 amide bonds. The van der Waals surface area contributed by atoms with Crippen LogP contribution in [0.3, 0.4) is 0 Å². The molecule has 0 aromatic carbocycles. The third kappa shape index (κ3) is 24.6. The average Bonchev–Trinajstić information content (AvgIpc) is 2.67. The molecule has 0 saturated heterocycles. The lowest BCUT2D eigenvalue weighted by molar-refractivity contribution is -0.225. The molecule has 0 aliphatic rings. The van der Waals surface area contributed by atoms with Gasteiger partial charge in [0.05, 0.1) is 25.5 Å².